The summed E-state index contributed by atoms with van der Waals surface area (Å²) in [5.74, 6) is 1.20. The summed E-state index contributed by atoms with van der Waals surface area (Å²) >= 11 is 5.93. The van der Waals surface area contributed by atoms with Gasteiger partial charge in [0.2, 0.25) is 0 Å². The highest BCUT2D eigenvalue weighted by molar-refractivity contribution is 6.30. The van der Waals surface area contributed by atoms with Crippen molar-refractivity contribution in [2.75, 3.05) is 14.2 Å². The van der Waals surface area contributed by atoms with E-state index in [4.69, 9.17) is 21.1 Å². The van der Waals surface area contributed by atoms with Crippen molar-refractivity contribution in [3.63, 3.8) is 0 Å². The molecular weight excluding hydrogens is 316 g/mol. The Morgan fingerprint density at radius 1 is 1.09 bits per heavy atom. The number of hydroxylamine groups is 2. The molecule has 1 heterocycles. The predicted octanol–water partition coefficient (Wildman–Crippen LogP) is 2.51. The van der Waals surface area contributed by atoms with Crippen LogP contribution in [0.25, 0.3) is 5.70 Å². The Kier molecular flexibility index (Phi) is 4.15. The molecule has 0 saturated carbocycles. The van der Waals surface area contributed by atoms with E-state index in [9.17, 15) is 5.21 Å². The van der Waals surface area contributed by atoms with Crippen molar-refractivity contribution in [3.8, 4) is 11.5 Å². The lowest BCUT2D eigenvalue weighted by Crippen LogP contribution is -2.40. The molecule has 0 aliphatic carbocycles. The topological polar surface area (TPSA) is 54.3 Å². The lowest BCUT2D eigenvalue weighted by atomic mass is 10.1. The zero-order valence-corrected chi connectivity index (χ0v) is 13.8. The minimum Gasteiger partial charge on any atom is -0.493 e. The van der Waals surface area contributed by atoms with Crippen LogP contribution in [-0.4, -0.2) is 24.5 Å². The van der Waals surface area contributed by atoms with E-state index in [2.05, 4.69) is 4.99 Å². The first kappa shape index (κ1) is 15.6. The minimum absolute atomic E-state index is 0.530. The third kappa shape index (κ3) is 2.73. The van der Waals surface area contributed by atoms with Gasteiger partial charge in [0, 0.05) is 16.3 Å². The van der Waals surface area contributed by atoms with Crippen LogP contribution in [0.2, 0.25) is 5.02 Å². The van der Waals surface area contributed by atoms with Crippen LogP contribution in [0.3, 0.4) is 0 Å². The Labute approximate surface area is 139 Å². The molecule has 1 aliphatic rings. The normalized spacial score (nSPS) is 16.7. The highest BCUT2D eigenvalue weighted by Gasteiger charge is 2.23. The third-order valence-corrected chi connectivity index (χ3v) is 4.15. The molecule has 2 aromatic rings. The van der Waals surface area contributed by atoms with Gasteiger partial charge in [-0.2, -0.15) is 0 Å². The van der Waals surface area contributed by atoms with Crippen molar-refractivity contribution in [3.05, 3.63) is 57.6 Å². The second kappa shape index (κ2) is 6.10. The van der Waals surface area contributed by atoms with E-state index in [0.29, 0.717) is 22.2 Å². The van der Waals surface area contributed by atoms with Gasteiger partial charge in [-0.3, -0.25) is 10.2 Å². The van der Waals surface area contributed by atoms with Crippen LogP contribution in [0.1, 0.15) is 18.7 Å². The van der Waals surface area contributed by atoms with Crippen LogP contribution in [0.5, 0.6) is 11.5 Å². The molecule has 0 bridgehead atoms. The van der Waals surface area contributed by atoms with Gasteiger partial charge in [-0.15, -0.1) is 0 Å². The summed E-state index contributed by atoms with van der Waals surface area (Å²) in [7, 11) is 3.16. The van der Waals surface area contributed by atoms with Crippen molar-refractivity contribution in [1.29, 1.82) is 0 Å². The fraction of sp³-hybridized carbons (Fsp3) is 0.235. The molecule has 1 N–H and O–H groups in total. The molecule has 0 radical (unpaired) electrons. The fourth-order valence-corrected chi connectivity index (χ4v) is 2.73. The zero-order valence-electron chi connectivity index (χ0n) is 13.1. The van der Waals surface area contributed by atoms with Crippen molar-refractivity contribution < 1.29 is 14.7 Å². The largest absolute Gasteiger partial charge is 0.493 e. The highest BCUT2D eigenvalue weighted by atomic mass is 35.5. The Morgan fingerprint density at radius 2 is 1.70 bits per heavy atom. The summed E-state index contributed by atoms with van der Waals surface area (Å²) in [6, 6.07) is 10.9. The van der Waals surface area contributed by atoms with Crippen LogP contribution in [0.4, 0.5) is 0 Å². The number of nitrogens with zero attached hydrogens (tertiary/aromatic N) is 2. The quantitative estimate of drug-likeness (QED) is 0.938. The Hall–Kier alpha value is -2.24. The average molecular weight is 333 g/mol. The van der Waals surface area contributed by atoms with E-state index in [1.807, 2.05) is 31.2 Å². The molecule has 3 rings (SSSR count). The molecule has 0 fully saturated rings. The number of ether oxygens (including phenoxy) is 2. The van der Waals surface area contributed by atoms with Crippen LogP contribution >= 0.6 is 11.6 Å². The van der Waals surface area contributed by atoms with E-state index in [1.165, 1.54) is 0 Å². The lowest BCUT2D eigenvalue weighted by molar-refractivity contribution is -0.0707. The Bertz CT molecular complexity index is 849. The van der Waals surface area contributed by atoms with Gasteiger partial charge in [-0.25, -0.2) is 5.06 Å². The molecule has 5 nitrogen and oxygen atoms in total. The summed E-state index contributed by atoms with van der Waals surface area (Å²) in [5.41, 5.74) is 1.53. The maximum absolute atomic E-state index is 10.5. The monoisotopic (exact) mass is 332 g/mol. The molecule has 23 heavy (non-hydrogen) atoms. The van der Waals surface area contributed by atoms with Gasteiger partial charge in [0.25, 0.3) is 0 Å². The van der Waals surface area contributed by atoms with Crippen LogP contribution in [-0.2, 0) is 0 Å². The van der Waals surface area contributed by atoms with Gasteiger partial charge in [0.1, 0.15) is 0 Å². The number of hydrogen-bond acceptors (Lipinski definition) is 5. The maximum Gasteiger partial charge on any atom is 0.171 e. The summed E-state index contributed by atoms with van der Waals surface area (Å²) in [5, 5.41) is 13.8. The Morgan fingerprint density at radius 3 is 2.30 bits per heavy atom. The molecule has 1 atom stereocenters. The molecule has 0 spiro atoms. The second-order valence-corrected chi connectivity index (χ2v) is 5.65. The minimum atomic E-state index is -0.530. The number of rotatable bonds is 3. The zero-order chi connectivity index (χ0) is 16.6. The summed E-state index contributed by atoms with van der Waals surface area (Å²) in [6.45, 7) is 1.84. The molecule has 1 unspecified atom stereocenters. The van der Waals surface area contributed by atoms with Gasteiger partial charge < -0.3 is 9.47 Å². The summed E-state index contributed by atoms with van der Waals surface area (Å²) < 4.78 is 10.6. The number of halogens is 1. The highest BCUT2D eigenvalue weighted by Crippen LogP contribution is 2.28. The number of methoxy groups -OCH3 is 2. The molecular formula is C17H17ClN2O3. The smallest absolute Gasteiger partial charge is 0.171 e. The van der Waals surface area contributed by atoms with Crippen molar-refractivity contribution >= 4 is 17.3 Å². The van der Waals surface area contributed by atoms with Crippen LogP contribution in [0, 0.1) is 0 Å². The first-order chi connectivity index (χ1) is 11.0. The molecule has 120 valence electrons. The summed E-state index contributed by atoms with van der Waals surface area (Å²) in [4.78, 5) is 4.64. The van der Waals surface area contributed by atoms with Gasteiger partial charge in [-0.1, -0.05) is 23.7 Å². The van der Waals surface area contributed by atoms with E-state index in [1.54, 1.807) is 26.4 Å². The van der Waals surface area contributed by atoms with Crippen molar-refractivity contribution in [1.82, 2.24) is 5.06 Å². The predicted molar refractivity (Wildman–Crippen MR) is 87.2 cm³/mol. The molecule has 0 saturated heterocycles. The van der Waals surface area contributed by atoms with Gasteiger partial charge >= 0.3 is 0 Å². The molecule has 2 aromatic carbocycles. The maximum atomic E-state index is 10.5. The van der Waals surface area contributed by atoms with Crippen molar-refractivity contribution in [2.45, 2.75) is 13.1 Å². The van der Waals surface area contributed by atoms with Crippen LogP contribution in [0.15, 0.2) is 41.4 Å². The third-order valence-electron chi connectivity index (χ3n) is 3.90. The van der Waals surface area contributed by atoms with E-state index < -0.39 is 6.17 Å². The molecule has 0 aromatic heterocycles. The lowest BCUT2D eigenvalue weighted by Gasteiger charge is -2.28. The SMILES string of the molecule is COc1cc2c(cc1OC)=C(C)N(O)C(c1ccc(Cl)cc1)N=2. The fourth-order valence-electron chi connectivity index (χ4n) is 2.61. The second-order valence-electron chi connectivity index (χ2n) is 5.21. The van der Waals surface area contributed by atoms with E-state index in [-0.39, 0.29) is 0 Å². The molecule has 0 amide bonds. The number of benzene rings is 2. The first-order valence-corrected chi connectivity index (χ1v) is 7.47. The Balaban J connectivity index is 2.19. The number of fused-ring (bicyclic) bond motifs is 1. The molecule has 1 aliphatic heterocycles. The number of hydrogen-bond donors (Lipinski definition) is 1. The van der Waals surface area contributed by atoms with Gasteiger partial charge in [0.05, 0.1) is 25.3 Å². The first-order valence-electron chi connectivity index (χ1n) is 7.09. The van der Waals surface area contributed by atoms with E-state index >= 15 is 0 Å². The summed E-state index contributed by atoms with van der Waals surface area (Å²) in [6.07, 6.45) is -0.530. The van der Waals surface area contributed by atoms with E-state index in [0.717, 1.165) is 21.2 Å². The van der Waals surface area contributed by atoms with Crippen molar-refractivity contribution in [2.24, 2.45) is 4.99 Å². The van der Waals surface area contributed by atoms with Gasteiger partial charge in [0.15, 0.2) is 17.7 Å². The molecule has 6 heteroatoms. The van der Waals surface area contributed by atoms with Crippen LogP contribution < -0.4 is 20.0 Å². The standard InChI is InChI=1S/C17H17ClN2O3/c1-10-13-8-15(22-2)16(23-3)9-14(13)19-17(20(10)21)11-4-6-12(18)7-5-11/h4-9,17,21H,1-3H3. The average Bonchev–Trinajstić information content (AvgIpc) is 2.58. The van der Waals surface area contributed by atoms with Gasteiger partial charge in [-0.05, 0) is 30.7 Å².